The zero-order chi connectivity index (χ0) is 11.5. The van der Waals surface area contributed by atoms with Crippen LogP contribution in [0, 0.1) is 60.9 Å². The first kappa shape index (κ1) is 12.8. The van der Waals surface area contributed by atoms with Crippen molar-refractivity contribution in [1.82, 2.24) is 0 Å². The van der Waals surface area contributed by atoms with Gasteiger partial charge in [0.05, 0.1) is 11.8 Å². The van der Waals surface area contributed by atoms with Crippen molar-refractivity contribution in [2.45, 2.75) is 0 Å². The van der Waals surface area contributed by atoms with Gasteiger partial charge >= 0.3 is 0 Å². The maximum atomic E-state index is 12.3. The van der Waals surface area contributed by atoms with Crippen LogP contribution >= 0.6 is 23.5 Å². The summed E-state index contributed by atoms with van der Waals surface area (Å²) in [5.74, 6) is 1.76. The molecule has 0 aromatic carbocycles. The lowest BCUT2D eigenvalue weighted by Gasteiger charge is -2.21. The van der Waals surface area contributed by atoms with Crippen molar-refractivity contribution in [1.29, 1.82) is 0 Å². The molecule has 0 aromatic heterocycles. The van der Waals surface area contributed by atoms with Crippen molar-refractivity contribution in [3.05, 3.63) is 60.9 Å². The zero-order valence-electron chi connectivity index (χ0n) is 9.19. The Kier molecular flexibility index (Phi) is 4.66. The minimum Gasteiger partial charge on any atom is -0.298 e. The summed E-state index contributed by atoms with van der Waals surface area (Å²) in [6, 6.07) is 0. The van der Waals surface area contributed by atoms with Crippen molar-refractivity contribution < 1.29 is 4.79 Å². The summed E-state index contributed by atoms with van der Waals surface area (Å²) in [5.41, 5.74) is 0. The molecule has 1 nitrogen and oxygen atoms in total. The third kappa shape index (κ3) is 2.45. The molecule has 0 unspecified atom stereocenters. The molecule has 0 bridgehead atoms. The van der Waals surface area contributed by atoms with Crippen molar-refractivity contribution in [3.8, 4) is 0 Å². The molecule has 0 atom stereocenters. The van der Waals surface area contributed by atoms with Gasteiger partial charge in [-0.25, -0.2) is 0 Å². The molecule has 0 spiro atoms. The smallest absolute Gasteiger partial charge is 0.150 e. The van der Waals surface area contributed by atoms with Crippen LogP contribution in [0.1, 0.15) is 0 Å². The summed E-state index contributed by atoms with van der Waals surface area (Å²) in [5, 5.41) is 2.11. The lowest BCUT2D eigenvalue weighted by Crippen LogP contribution is -2.22. The molecular weight excluding hydrogens is 236 g/mol. The molecule has 0 N–H and O–H groups in total. The van der Waals surface area contributed by atoms with Gasteiger partial charge in [-0.1, -0.05) is 0 Å². The topological polar surface area (TPSA) is 17.1 Å². The molecule has 2 aliphatic rings. The van der Waals surface area contributed by atoms with Crippen LogP contribution in [-0.2, 0) is 4.79 Å². The van der Waals surface area contributed by atoms with Crippen LogP contribution in [0.3, 0.4) is 0 Å². The molecule has 2 fully saturated rings. The van der Waals surface area contributed by atoms with Crippen LogP contribution in [0.2, 0.25) is 0 Å². The van der Waals surface area contributed by atoms with E-state index in [9.17, 15) is 4.79 Å². The molecule has 0 amide bonds. The van der Waals surface area contributed by atoms with E-state index < -0.39 is 0 Å². The van der Waals surface area contributed by atoms with Gasteiger partial charge in [-0.3, -0.25) is 4.79 Å². The minimum atomic E-state index is 0.128. The fourth-order valence-electron chi connectivity index (χ4n) is 1.68. The van der Waals surface area contributed by atoms with E-state index in [1.165, 1.54) is 0 Å². The second-order valence-corrected chi connectivity index (χ2v) is 5.04. The first-order valence-electron chi connectivity index (χ1n) is 4.92. The maximum absolute atomic E-state index is 12.3. The third-order valence-electron chi connectivity index (χ3n) is 2.48. The van der Waals surface area contributed by atoms with Gasteiger partial charge in [0.15, 0.2) is 5.78 Å². The number of ketones is 1. The molecular formula is C13H12OS2. The van der Waals surface area contributed by atoms with Crippen molar-refractivity contribution in [2.75, 3.05) is 12.5 Å². The van der Waals surface area contributed by atoms with Gasteiger partial charge in [0, 0.05) is 10.5 Å². The highest BCUT2D eigenvalue weighted by Crippen LogP contribution is 2.48. The van der Waals surface area contributed by atoms with E-state index >= 15 is 0 Å². The fourth-order valence-corrected chi connectivity index (χ4v) is 2.87. The van der Waals surface area contributed by atoms with Gasteiger partial charge in [0.1, 0.15) is 0 Å². The van der Waals surface area contributed by atoms with Crippen LogP contribution in [-0.4, -0.2) is 18.3 Å². The van der Waals surface area contributed by atoms with Crippen LogP contribution < -0.4 is 0 Å². The Morgan fingerprint density at radius 3 is 1.69 bits per heavy atom. The number of carbonyl (C=O) groups is 1. The number of carbonyl (C=O) groups excluding carboxylic acids is 1. The Labute approximate surface area is 108 Å². The molecule has 2 saturated carbocycles. The van der Waals surface area contributed by atoms with E-state index in [1.807, 2.05) is 51.0 Å². The first-order chi connectivity index (χ1) is 7.77. The predicted molar refractivity (Wildman–Crippen MR) is 70.8 cm³/mol. The molecule has 2 rings (SSSR count). The summed E-state index contributed by atoms with van der Waals surface area (Å²) in [7, 11) is 0. The molecule has 0 aliphatic heterocycles. The normalized spacial score (nSPS) is 25.6. The molecule has 3 heteroatoms. The van der Waals surface area contributed by atoms with Crippen LogP contribution in [0.15, 0.2) is 0 Å². The number of hydrogen-bond acceptors (Lipinski definition) is 3. The second-order valence-electron chi connectivity index (χ2n) is 3.34. The van der Waals surface area contributed by atoms with Gasteiger partial charge < -0.3 is 0 Å². The standard InChI is InChI=1S/C13H12OS2/c1-15-11-7-3-5-9(11)13(14)10-6-4-8-12(10)16-2/h3-8H,1-2H3. The molecule has 0 heterocycles. The Balaban J connectivity index is 2.00. The minimum absolute atomic E-state index is 0.128. The highest BCUT2D eigenvalue weighted by Gasteiger charge is 2.43. The highest BCUT2D eigenvalue weighted by atomic mass is 32.2. The summed E-state index contributed by atoms with van der Waals surface area (Å²) < 4.78 is 0. The quantitative estimate of drug-likeness (QED) is 0.761. The van der Waals surface area contributed by atoms with E-state index in [0.29, 0.717) is 0 Å². The summed E-state index contributed by atoms with van der Waals surface area (Å²) >= 11 is 3.23. The largest absolute Gasteiger partial charge is 0.298 e. The monoisotopic (exact) mass is 248 g/mol. The third-order valence-corrected chi connectivity index (χ3v) is 4.07. The Morgan fingerprint density at radius 1 is 0.875 bits per heavy atom. The molecule has 0 aromatic rings. The summed E-state index contributed by atoms with van der Waals surface area (Å²) in [6.45, 7) is 0. The van der Waals surface area contributed by atoms with Gasteiger partial charge in [-0.2, -0.15) is 23.5 Å². The van der Waals surface area contributed by atoms with Crippen LogP contribution in [0.4, 0.5) is 0 Å². The Morgan fingerprint density at radius 2 is 1.31 bits per heavy atom. The van der Waals surface area contributed by atoms with Gasteiger partial charge in [0.25, 0.3) is 0 Å². The summed E-state index contributed by atoms with van der Waals surface area (Å²) in [6.07, 6.45) is 15.6. The molecule has 16 heavy (non-hydrogen) atoms. The van der Waals surface area contributed by atoms with Gasteiger partial charge in [0.2, 0.25) is 0 Å². The first-order valence-corrected chi connectivity index (χ1v) is 7.37. The zero-order valence-corrected chi connectivity index (χ0v) is 10.8. The van der Waals surface area contributed by atoms with E-state index in [4.69, 9.17) is 0 Å². The van der Waals surface area contributed by atoms with E-state index in [2.05, 4.69) is 0 Å². The van der Waals surface area contributed by atoms with Gasteiger partial charge in [-0.15, -0.1) is 0 Å². The van der Waals surface area contributed by atoms with Gasteiger partial charge in [-0.05, 0) is 51.0 Å². The Hall–Kier alpha value is 0.370. The van der Waals surface area contributed by atoms with E-state index in [-0.39, 0.29) is 5.78 Å². The van der Waals surface area contributed by atoms with Crippen LogP contribution in [0.5, 0.6) is 0 Å². The second kappa shape index (κ2) is 5.81. The molecule has 0 saturated heterocycles. The Bertz CT molecular complexity index is 230. The van der Waals surface area contributed by atoms with E-state index in [1.54, 1.807) is 23.5 Å². The van der Waals surface area contributed by atoms with Crippen molar-refractivity contribution >= 4 is 29.3 Å². The lowest BCUT2D eigenvalue weighted by atomic mass is 9.90. The van der Waals surface area contributed by atoms with E-state index in [0.717, 1.165) is 22.3 Å². The van der Waals surface area contributed by atoms with Crippen LogP contribution in [0.25, 0.3) is 0 Å². The number of thioether (sulfide) groups is 2. The maximum Gasteiger partial charge on any atom is 0.150 e. The number of rotatable bonds is 4. The fraction of sp³-hybridized carbons (Fsp3) is 0.154. The predicted octanol–water partition coefficient (Wildman–Crippen LogP) is 2.75. The average molecular weight is 248 g/mol. The van der Waals surface area contributed by atoms with Crippen molar-refractivity contribution in [2.24, 2.45) is 0 Å². The summed E-state index contributed by atoms with van der Waals surface area (Å²) in [4.78, 5) is 12.3. The number of Topliss-reactive ketones (excluding diaryl/α,β-unsaturated/α-hetero) is 1. The number of hydrogen-bond donors (Lipinski definition) is 0. The van der Waals surface area contributed by atoms with Crippen molar-refractivity contribution in [3.63, 3.8) is 0 Å². The molecule has 2 aliphatic carbocycles. The SMILES string of the molecule is CS[C]1[CH][CH][CH][C]1C(=O)[C]1[CH][CH][CH][C]1SC. The molecule has 82 valence electrons. The highest BCUT2D eigenvalue weighted by molar-refractivity contribution is 8.02. The average Bonchev–Trinajstić information content (AvgIpc) is 2.96. The molecule has 10 radical (unpaired) electrons. The lowest BCUT2D eigenvalue weighted by molar-refractivity contribution is -0.114.